The number of hydrogen-bond donors (Lipinski definition) is 1. The second kappa shape index (κ2) is 3.71. The molecule has 0 saturated heterocycles. The van der Waals surface area contributed by atoms with Crippen LogP contribution in [0.1, 0.15) is 24.8 Å². The molecule has 0 aliphatic rings. The summed E-state index contributed by atoms with van der Waals surface area (Å²) in [6.45, 7) is 4.32. The number of thiophene rings is 1. The van der Waals surface area contributed by atoms with Crippen LogP contribution in [0, 0.1) is 5.92 Å². The molecule has 1 aromatic carbocycles. The summed E-state index contributed by atoms with van der Waals surface area (Å²) in [5, 5.41) is 1.31. The molecule has 0 bridgehead atoms. The largest absolute Gasteiger partial charge is 0.323 e. The minimum Gasteiger partial charge on any atom is -0.323 e. The zero-order chi connectivity index (χ0) is 10.1. The van der Waals surface area contributed by atoms with Crippen molar-refractivity contribution in [3.05, 3.63) is 35.2 Å². The van der Waals surface area contributed by atoms with Crippen LogP contribution < -0.4 is 5.73 Å². The van der Waals surface area contributed by atoms with Crippen molar-refractivity contribution in [1.82, 2.24) is 0 Å². The maximum Gasteiger partial charge on any atom is 0.0413 e. The molecule has 1 aromatic heterocycles. The van der Waals surface area contributed by atoms with Crippen LogP contribution in [0.3, 0.4) is 0 Å². The van der Waals surface area contributed by atoms with Crippen LogP contribution in [0.2, 0.25) is 0 Å². The molecule has 0 radical (unpaired) electrons. The fourth-order valence-corrected chi connectivity index (χ4v) is 2.73. The van der Waals surface area contributed by atoms with Crippen molar-refractivity contribution in [2.24, 2.45) is 11.7 Å². The van der Waals surface area contributed by atoms with E-state index in [1.54, 1.807) is 0 Å². The van der Waals surface area contributed by atoms with E-state index in [1.807, 2.05) is 11.3 Å². The molecule has 1 atom stereocenters. The van der Waals surface area contributed by atoms with Crippen LogP contribution in [0.4, 0.5) is 0 Å². The Morgan fingerprint density at radius 2 is 1.93 bits per heavy atom. The zero-order valence-electron chi connectivity index (χ0n) is 8.53. The minimum atomic E-state index is 0.174. The van der Waals surface area contributed by atoms with Crippen molar-refractivity contribution in [2.75, 3.05) is 0 Å². The van der Waals surface area contributed by atoms with E-state index in [0.717, 1.165) is 0 Å². The van der Waals surface area contributed by atoms with E-state index in [-0.39, 0.29) is 6.04 Å². The Bertz CT molecular complexity index is 398. The number of fused-ring (bicyclic) bond motifs is 1. The number of rotatable bonds is 2. The molecule has 2 heteroatoms. The van der Waals surface area contributed by atoms with Gasteiger partial charge in [0.25, 0.3) is 0 Å². The lowest BCUT2D eigenvalue weighted by Crippen LogP contribution is -2.14. The van der Waals surface area contributed by atoms with Crippen molar-refractivity contribution >= 4 is 21.4 Å². The van der Waals surface area contributed by atoms with E-state index in [9.17, 15) is 0 Å². The molecule has 0 fully saturated rings. The molecule has 14 heavy (non-hydrogen) atoms. The first-order valence-corrected chi connectivity index (χ1v) is 5.74. The van der Waals surface area contributed by atoms with Crippen molar-refractivity contribution in [2.45, 2.75) is 19.9 Å². The molecule has 2 aromatic rings. The molecular weight excluding hydrogens is 190 g/mol. The molecule has 1 heterocycles. The Balaban J connectivity index is 2.45. The van der Waals surface area contributed by atoms with Crippen LogP contribution in [-0.2, 0) is 0 Å². The van der Waals surface area contributed by atoms with Crippen molar-refractivity contribution in [3.63, 3.8) is 0 Å². The molecule has 2 rings (SSSR count). The fraction of sp³-hybridized carbons (Fsp3) is 0.333. The molecule has 2 N–H and O–H groups in total. The van der Waals surface area contributed by atoms with Gasteiger partial charge < -0.3 is 5.73 Å². The van der Waals surface area contributed by atoms with Crippen LogP contribution >= 0.6 is 11.3 Å². The van der Waals surface area contributed by atoms with Gasteiger partial charge in [0, 0.05) is 15.6 Å². The average Bonchev–Trinajstić information content (AvgIpc) is 2.59. The maximum atomic E-state index is 6.11. The number of benzene rings is 1. The average molecular weight is 205 g/mol. The summed E-state index contributed by atoms with van der Waals surface area (Å²) < 4.78 is 1.33. The quantitative estimate of drug-likeness (QED) is 0.797. The van der Waals surface area contributed by atoms with E-state index >= 15 is 0 Å². The van der Waals surface area contributed by atoms with Crippen LogP contribution in [0.15, 0.2) is 30.3 Å². The number of nitrogens with two attached hydrogens (primary N) is 1. The van der Waals surface area contributed by atoms with E-state index in [1.165, 1.54) is 15.0 Å². The van der Waals surface area contributed by atoms with Gasteiger partial charge in [-0.2, -0.15) is 0 Å². The standard InChI is InChI=1S/C12H15NS/c1-8(2)12(13)11-7-9-5-3-4-6-10(9)14-11/h3-8,12H,13H2,1-2H3/t12-/m1/s1. The Morgan fingerprint density at radius 1 is 1.21 bits per heavy atom. The van der Waals surface area contributed by atoms with Gasteiger partial charge in [0.15, 0.2) is 0 Å². The lowest BCUT2D eigenvalue weighted by molar-refractivity contribution is 0.522. The SMILES string of the molecule is CC(C)[C@@H](N)c1cc2ccccc2s1. The van der Waals surface area contributed by atoms with Gasteiger partial charge in [0.05, 0.1) is 0 Å². The van der Waals surface area contributed by atoms with Gasteiger partial charge >= 0.3 is 0 Å². The summed E-state index contributed by atoms with van der Waals surface area (Å²) >= 11 is 1.81. The van der Waals surface area contributed by atoms with Crippen molar-refractivity contribution in [1.29, 1.82) is 0 Å². The first-order valence-electron chi connectivity index (χ1n) is 4.92. The third-order valence-electron chi connectivity index (χ3n) is 2.49. The molecule has 74 valence electrons. The zero-order valence-corrected chi connectivity index (χ0v) is 9.34. The van der Waals surface area contributed by atoms with Crippen molar-refractivity contribution in [3.8, 4) is 0 Å². The highest BCUT2D eigenvalue weighted by atomic mass is 32.1. The van der Waals surface area contributed by atoms with Gasteiger partial charge in [0.1, 0.15) is 0 Å². The maximum absolute atomic E-state index is 6.11. The highest BCUT2D eigenvalue weighted by Gasteiger charge is 2.12. The summed E-state index contributed by atoms with van der Waals surface area (Å²) in [6, 6.07) is 10.8. The summed E-state index contributed by atoms with van der Waals surface area (Å²) in [7, 11) is 0. The third kappa shape index (κ3) is 1.68. The van der Waals surface area contributed by atoms with E-state index in [2.05, 4.69) is 44.2 Å². The number of hydrogen-bond acceptors (Lipinski definition) is 2. The van der Waals surface area contributed by atoms with E-state index in [0.29, 0.717) is 5.92 Å². The van der Waals surface area contributed by atoms with Crippen LogP contribution in [0.5, 0.6) is 0 Å². The fourth-order valence-electron chi connectivity index (χ4n) is 1.50. The lowest BCUT2D eigenvalue weighted by atomic mass is 10.0. The second-order valence-electron chi connectivity index (χ2n) is 3.96. The molecule has 1 nitrogen and oxygen atoms in total. The predicted octanol–water partition coefficient (Wildman–Crippen LogP) is 3.56. The second-order valence-corrected chi connectivity index (χ2v) is 5.07. The van der Waals surface area contributed by atoms with E-state index in [4.69, 9.17) is 5.73 Å². The normalized spacial score (nSPS) is 13.7. The van der Waals surface area contributed by atoms with Gasteiger partial charge in [0.2, 0.25) is 0 Å². The summed E-state index contributed by atoms with van der Waals surface area (Å²) in [4.78, 5) is 1.29. The van der Waals surface area contributed by atoms with Gasteiger partial charge in [-0.3, -0.25) is 0 Å². The summed E-state index contributed by atoms with van der Waals surface area (Å²) in [5.41, 5.74) is 6.11. The molecule has 0 saturated carbocycles. The third-order valence-corrected chi connectivity index (χ3v) is 3.71. The van der Waals surface area contributed by atoms with Crippen LogP contribution in [0.25, 0.3) is 10.1 Å². The molecular formula is C12H15NS. The van der Waals surface area contributed by atoms with Crippen LogP contribution in [-0.4, -0.2) is 0 Å². The topological polar surface area (TPSA) is 26.0 Å². The van der Waals surface area contributed by atoms with Gasteiger partial charge in [-0.25, -0.2) is 0 Å². The smallest absolute Gasteiger partial charge is 0.0413 e. The van der Waals surface area contributed by atoms with Gasteiger partial charge in [-0.15, -0.1) is 11.3 Å². The van der Waals surface area contributed by atoms with Gasteiger partial charge in [-0.1, -0.05) is 32.0 Å². The lowest BCUT2D eigenvalue weighted by Gasteiger charge is -2.12. The molecule has 0 amide bonds. The minimum absolute atomic E-state index is 0.174. The Labute approximate surface area is 88.6 Å². The first kappa shape index (κ1) is 9.69. The highest BCUT2D eigenvalue weighted by molar-refractivity contribution is 7.19. The Hall–Kier alpha value is -0.860. The Kier molecular flexibility index (Phi) is 2.57. The molecule has 0 unspecified atom stereocenters. The van der Waals surface area contributed by atoms with Crippen molar-refractivity contribution < 1.29 is 0 Å². The monoisotopic (exact) mass is 205 g/mol. The Morgan fingerprint density at radius 3 is 2.57 bits per heavy atom. The molecule has 0 aliphatic carbocycles. The summed E-state index contributed by atoms with van der Waals surface area (Å²) in [6.07, 6.45) is 0. The molecule has 0 aliphatic heterocycles. The predicted molar refractivity (Wildman–Crippen MR) is 63.6 cm³/mol. The highest BCUT2D eigenvalue weighted by Crippen LogP contribution is 2.31. The van der Waals surface area contributed by atoms with Gasteiger partial charge in [-0.05, 0) is 23.4 Å². The molecule has 0 spiro atoms. The first-order chi connectivity index (χ1) is 6.68. The van der Waals surface area contributed by atoms with E-state index < -0.39 is 0 Å². The summed E-state index contributed by atoms with van der Waals surface area (Å²) in [5.74, 6) is 0.503.